The minimum absolute atomic E-state index is 0. The molecule has 0 N–H and O–H groups in total. The first-order valence-electron chi connectivity index (χ1n) is 3.02. The zero-order chi connectivity index (χ0) is 8.27. The molecular weight excluding hydrogens is 252 g/mol. The average molecular weight is 257 g/mol. The third kappa shape index (κ3) is 2.62. The summed E-state index contributed by atoms with van der Waals surface area (Å²) >= 11 is 0. The molecule has 0 saturated heterocycles. The van der Waals surface area contributed by atoms with Crippen LogP contribution in [-0.2, 0) is 27.2 Å². The monoisotopic (exact) mass is 256 g/mol. The molecule has 0 aliphatic heterocycles. The fraction of sp³-hybridized carbons (Fsp3) is 0. The van der Waals surface area contributed by atoms with E-state index in [1.807, 2.05) is 0 Å². The van der Waals surface area contributed by atoms with E-state index in [1.165, 1.54) is 12.1 Å². The van der Waals surface area contributed by atoms with E-state index in [1.54, 1.807) is 18.2 Å². The molecule has 0 fully saturated rings. The van der Waals surface area contributed by atoms with Crippen molar-refractivity contribution in [3.63, 3.8) is 0 Å². The molecular formula is C8H5AgO3. The molecule has 1 aromatic rings. The molecule has 0 aliphatic rings. The second-order valence-electron chi connectivity index (χ2n) is 1.98. The van der Waals surface area contributed by atoms with Crippen LogP contribution >= 0.6 is 0 Å². The van der Waals surface area contributed by atoms with Gasteiger partial charge in [0.05, 0.1) is 0 Å². The topological polar surface area (TPSA) is 57.2 Å². The van der Waals surface area contributed by atoms with E-state index in [0.717, 1.165) is 0 Å². The summed E-state index contributed by atoms with van der Waals surface area (Å²) in [4.78, 5) is 20.7. The van der Waals surface area contributed by atoms with Crippen LogP contribution in [0.25, 0.3) is 0 Å². The molecule has 3 nitrogen and oxygen atoms in total. The number of benzene rings is 1. The molecule has 12 heavy (non-hydrogen) atoms. The molecule has 1 rings (SSSR count). The number of hydrogen-bond acceptors (Lipinski definition) is 3. The standard InChI is InChI=1S/C8H6O3.Ag/c9-7(8(10)11)6-4-2-1-3-5-6;/h1-5H,(H,10,11);/q;+1/p-1. The quantitative estimate of drug-likeness (QED) is 0.412. The number of hydrogen-bond donors (Lipinski definition) is 0. The molecule has 0 unspecified atom stereocenters. The van der Waals surface area contributed by atoms with Crippen molar-refractivity contribution in [3.8, 4) is 0 Å². The summed E-state index contributed by atoms with van der Waals surface area (Å²) in [6, 6.07) is 7.74. The Bertz CT molecular complexity index is 282. The van der Waals surface area contributed by atoms with Gasteiger partial charge in [-0.1, -0.05) is 30.3 Å². The van der Waals surface area contributed by atoms with Crippen molar-refractivity contribution in [2.75, 3.05) is 0 Å². The molecule has 66 valence electrons. The van der Waals surface area contributed by atoms with Crippen LogP contribution in [0.1, 0.15) is 10.4 Å². The first-order chi connectivity index (χ1) is 5.22. The van der Waals surface area contributed by atoms with E-state index in [-0.39, 0.29) is 27.9 Å². The van der Waals surface area contributed by atoms with Gasteiger partial charge in [-0.3, -0.25) is 4.79 Å². The third-order valence-electron chi connectivity index (χ3n) is 1.22. The van der Waals surface area contributed by atoms with Gasteiger partial charge in [0, 0.05) is 5.56 Å². The van der Waals surface area contributed by atoms with Crippen LogP contribution in [0.15, 0.2) is 30.3 Å². The molecule has 4 heteroatoms. The molecule has 0 amide bonds. The Labute approximate surface area is 84.9 Å². The Balaban J connectivity index is 0.00000121. The SMILES string of the molecule is O=C([O-])C(=O)c1ccccc1.[Ag+]. The summed E-state index contributed by atoms with van der Waals surface area (Å²) < 4.78 is 0. The van der Waals surface area contributed by atoms with E-state index in [9.17, 15) is 14.7 Å². The second kappa shape index (κ2) is 4.87. The van der Waals surface area contributed by atoms with E-state index < -0.39 is 11.8 Å². The average Bonchev–Trinajstić information content (AvgIpc) is 2.05. The van der Waals surface area contributed by atoms with Crippen molar-refractivity contribution in [3.05, 3.63) is 35.9 Å². The summed E-state index contributed by atoms with van der Waals surface area (Å²) in [7, 11) is 0. The summed E-state index contributed by atoms with van der Waals surface area (Å²) in [5, 5.41) is 10.0. The Morgan fingerprint density at radius 1 is 1.08 bits per heavy atom. The summed E-state index contributed by atoms with van der Waals surface area (Å²) in [5.74, 6) is -2.65. The van der Waals surface area contributed by atoms with E-state index in [0.29, 0.717) is 0 Å². The largest absolute Gasteiger partial charge is 1.00 e. The molecule has 0 radical (unpaired) electrons. The Hall–Kier alpha value is -0.900. The molecule has 0 aromatic heterocycles. The van der Waals surface area contributed by atoms with Gasteiger partial charge in [-0.2, -0.15) is 0 Å². The van der Waals surface area contributed by atoms with Crippen molar-refractivity contribution >= 4 is 11.8 Å². The molecule has 0 spiro atoms. The number of ketones is 1. The zero-order valence-electron chi connectivity index (χ0n) is 5.91. The van der Waals surface area contributed by atoms with Gasteiger partial charge in [0.15, 0.2) is 0 Å². The van der Waals surface area contributed by atoms with Crippen molar-refractivity contribution in [2.24, 2.45) is 0 Å². The fourth-order valence-electron chi connectivity index (χ4n) is 0.707. The van der Waals surface area contributed by atoms with Gasteiger partial charge in [0.25, 0.3) is 0 Å². The maximum atomic E-state index is 10.7. The molecule has 0 atom stereocenters. The van der Waals surface area contributed by atoms with Gasteiger partial charge in [0.2, 0.25) is 5.78 Å². The Morgan fingerprint density at radius 2 is 1.58 bits per heavy atom. The Morgan fingerprint density at radius 3 is 2.00 bits per heavy atom. The molecule has 0 saturated carbocycles. The third-order valence-corrected chi connectivity index (χ3v) is 1.22. The maximum absolute atomic E-state index is 10.7. The predicted octanol–water partition coefficient (Wildman–Crippen LogP) is -0.383. The number of Topliss-reactive ketones (excluding diaryl/α,β-unsaturated/α-hetero) is 1. The zero-order valence-corrected chi connectivity index (χ0v) is 7.40. The van der Waals surface area contributed by atoms with Gasteiger partial charge >= 0.3 is 22.4 Å². The van der Waals surface area contributed by atoms with E-state index in [4.69, 9.17) is 0 Å². The van der Waals surface area contributed by atoms with Crippen LogP contribution in [0.2, 0.25) is 0 Å². The van der Waals surface area contributed by atoms with Gasteiger partial charge in [0.1, 0.15) is 5.97 Å². The van der Waals surface area contributed by atoms with Crippen LogP contribution in [0, 0.1) is 0 Å². The van der Waals surface area contributed by atoms with Gasteiger partial charge < -0.3 is 9.90 Å². The minimum atomic E-state index is -1.67. The van der Waals surface area contributed by atoms with Crippen molar-refractivity contribution in [1.29, 1.82) is 0 Å². The van der Waals surface area contributed by atoms with Crippen LogP contribution in [0.4, 0.5) is 0 Å². The number of carbonyl (C=O) groups excluding carboxylic acids is 2. The number of aliphatic carboxylic acids is 1. The predicted molar refractivity (Wildman–Crippen MR) is 35.8 cm³/mol. The van der Waals surface area contributed by atoms with Crippen LogP contribution in [-0.4, -0.2) is 11.8 Å². The summed E-state index contributed by atoms with van der Waals surface area (Å²) in [6.07, 6.45) is 0. The van der Waals surface area contributed by atoms with Gasteiger partial charge in [-0.25, -0.2) is 0 Å². The van der Waals surface area contributed by atoms with Crippen LogP contribution in [0.5, 0.6) is 0 Å². The Kier molecular flexibility index (Phi) is 4.51. The van der Waals surface area contributed by atoms with E-state index in [2.05, 4.69) is 0 Å². The maximum Gasteiger partial charge on any atom is 1.00 e. The number of carboxylic acid groups (broad SMARTS) is 1. The van der Waals surface area contributed by atoms with Crippen LogP contribution in [0.3, 0.4) is 0 Å². The normalized spacial score (nSPS) is 8.33. The summed E-state index contributed by atoms with van der Waals surface area (Å²) in [6.45, 7) is 0. The molecule has 0 aliphatic carbocycles. The number of carboxylic acids is 1. The smallest absolute Gasteiger partial charge is 0.541 e. The van der Waals surface area contributed by atoms with Crippen LogP contribution < -0.4 is 5.11 Å². The van der Waals surface area contributed by atoms with Crippen molar-refractivity contribution in [1.82, 2.24) is 0 Å². The first-order valence-corrected chi connectivity index (χ1v) is 3.02. The fourth-order valence-corrected chi connectivity index (χ4v) is 0.707. The molecule has 0 bridgehead atoms. The van der Waals surface area contributed by atoms with Gasteiger partial charge in [-0.05, 0) is 0 Å². The van der Waals surface area contributed by atoms with Crippen molar-refractivity contribution in [2.45, 2.75) is 0 Å². The first kappa shape index (κ1) is 11.1. The second-order valence-corrected chi connectivity index (χ2v) is 1.98. The van der Waals surface area contributed by atoms with Gasteiger partial charge in [-0.15, -0.1) is 0 Å². The van der Waals surface area contributed by atoms with E-state index >= 15 is 0 Å². The minimum Gasteiger partial charge on any atom is -0.541 e. The van der Waals surface area contributed by atoms with Crippen molar-refractivity contribution < 1.29 is 37.1 Å². The molecule has 0 heterocycles. The number of rotatable bonds is 2. The number of carbonyl (C=O) groups is 2. The summed E-state index contributed by atoms with van der Waals surface area (Å²) in [5.41, 5.74) is 0.146. The molecule has 1 aromatic carbocycles.